The molecule has 0 atom stereocenters. The van der Waals surface area contributed by atoms with Crippen molar-refractivity contribution in [3.63, 3.8) is 0 Å². The fraction of sp³-hybridized carbons (Fsp3) is 0.458. The van der Waals surface area contributed by atoms with E-state index in [2.05, 4.69) is 30.3 Å². The van der Waals surface area contributed by atoms with Crippen molar-refractivity contribution >= 4 is 50.0 Å². The first-order valence-electron chi connectivity index (χ1n) is 12.0. The summed E-state index contributed by atoms with van der Waals surface area (Å²) < 4.78 is 33.2. The smallest absolute Gasteiger partial charge is 0.232 e. The van der Waals surface area contributed by atoms with Crippen molar-refractivity contribution in [3.05, 3.63) is 35.7 Å². The summed E-state index contributed by atoms with van der Waals surface area (Å²) in [6, 6.07) is 7.55. The van der Waals surface area contributed by atoms with E-state index < -0.39 is 10.0 Å². The van der Waals surface area contributed by atoms with Gasteiger partial charge in [-0.25, -0.2) is 18.4 Å². The third-order valence-electron chi connectivity index (χ3n) is 6.43. The summed E-state index contributed by atoms with van der Waals surface area (Å²) in [5.74, 6) is 1.35. The minimum atomic E-state index is -3.50. The van der Waals surface area contributed by atoms with Crippen molar-refractivity contribution in [1.29, 1.82) is 0 Å². The Labute approximate surface area is 204 Å². The largest absolute Gasteiger partial charge is 0.381 e. The van der Waals surface area contributed by atoms with Gasteiger partial charge in [-0.15, -0.1) is 0 Å². The van der Waals surface area contributed by atoms with Gasteiger partial charge in [0.1, 0.15) is 17.2 Å². The van der Waals surface area contributed by atoms with Gasteiger partial charge in [-0.05, 0) is 63.1 Å². The zero-order chi connectivity index (χ0) is 24.6. The summed E-state index contributed by atoms with van der Waals surface area (Å²) in [6.07, 6.45) is 3.58. The van der Waals surface area contributed by atoms with E-state index in [4.69, 9.17) is 4.74 Å². The number of hydrogen-bond donors (Lipinski definition) is 4. The Morgan fingerprint density at radius 2 is 1.86 bits per heavy atom. The van der Waals surface area contributed by atoms with E-state index in [1.54, 1.807) is 13.0 Å². The zero-order valence-electron chi connectivity index (χ0n) is 19.8. The second-order valence-electron chi connectivity index (χ2n) is 9.16. The van der Waals surface area contributed by atoms with Crippen LogP contribution in [0.1, 0.15) is 49.9 Å². The van der Waals surface area contributed by atoms with Gasteiger partial charge in [0.05, 0.1) is 22.8 Å². The zero-order valence-corrected chi connectivity index (χ0v) is 20.7. The lowest BCUT2D eigenvalue weighted by Crippen LogP contribution is -2.17. The minimum Gasteiger partial charge on any atom is -0.381 e. The molecule has 0 spiro atoms. The molecular formula is C24H30N6O4S. The Bertz CT molecular complexity index is 1360. The number of rotatable bonds is 8. The number of benzene rings is 1. The molecule has 0 radical (unpaired) electrons. The van der Waals surface area contributed by atoms with Crippen LogP contribution < -0.4 is 15.4 Å². The lowest BCUT2D eigenvalue weighted by molar-refractivity contribution is -0.117. The number of aryl methyl sites for hydroxylation is 1. The quantitative estimate of drug-likeness (QED) is 0.368. The number of carbonyl (C=O) groups is 1. The van der Waals surface area contributed by atoms with E-state index in [0.29, 0.717) is 59.0 Å². The van der Waals surface area contributed by atoms with E-state index in [-0.39, 0.29) is 17.6 Å². The number of amides is 1. The summed E-state index contributed by atoms with van der Waals surface area (Å²) >= 11 is 0. The van der Waals surface area contributed by atoms with Crippen molar-refractivity contribution in [2.75, 3.05) is 34.3 Å². The molecule has 0 bridgehead atoms. The number of ether oxygens (including phenoxy) is 1. The number of aromatic amines is 1. The maximum atomic E-state index is 12.5. The van der Waals surface area contributed by atoms with Gasteiger partial charge in [0.2, 0.25) is 15.9 Å². The van der Waals surface area contributed by atoms with Crippen molar-refractivity contribution < 1.29 is 17.9 Å². The Kier molecular flexibility index (Phi) is 6.37. The molecule has 2 fully saturated rings. The molecule has 3 heterocycles. The Morgan fingerprint density at radius 3 is 2.57 bits per heavy atom. The van der Waals surface area contributed by atoms with E-state index in [1.165, 1.54) is 0 Å². The first-order valence-corrected chi connectivity index (χ1v) is 13.6. The molecule has 11 heteroatoms. The summed E-state index contributed by atoms with van der Waals surface area (Å²) in [5.41, 5.74) is 3.91. The van der Waals surface area contributed by atoms with Crippen LogP contribution in [0.4, 0.5) is 22.9 Å². The summed E-state index contributed by atoms with van der Waals surface area (Å²) in [6.45, 7) is 4.83. The Balaban J connectivity index is 1.52. The average Bonchev–Trinajstić information content (AvgIpc) is 3.62. The van der Waals surface area contributed by atoms with Crippen LogP contribution in [0.15, 0.2) is 24.3 Å². The van der Waals surface area contributed by atoms with Crippen LogP contribution in [0.5, 0.6) is 0 Å². The van der Waals surface area contributed by atoms with Gasteiger partial charge in [0.25, 0.3) is 0 Å². The standard InChI is InChI=1S/C24H30N6O4S/c1-3-35(32,33)30-19-12-17(15-8-10-34-11-9-15)6-7-18(19)27-20-13-21(29-24(31)16-4-5-16)28-23-22(20)25-14(2)26-23/h6-7,12-13,15-16,30H,3-5,8-11H2,1-2H3,(H3,25,26,27,28,29,31). The lowest BCUT2D eigenvalue weighted by atomic mass is 9.91. The van der Waals surface area contributed by atoms with E-state index >= 15 is 0 Å². The van der Waals surface area contributed by atoms with Crippen LogP contribution in [0.3, 0.4) is 0 Å². The van der Waals surface area contributed by atoms with Gasteiger partial charge in [-0.3, -0.25) is 9.52 Å². The van der Waals surface area contributed by atoms with Crippen molar-refractivity contribution in [2.45, 2.75) is 45.4 Å². The number of carbonyl (C=O) groups excluding carboxylic acids is 1. The van der Waals surface area contributed by atoms with E-state index in [0.717, 1.165) is 31.2 Å². The highest BCUT2D eigenvalue weighted by Gasteiger charge is 2.30. The number of nitrogens with zero attached hydrogens (tertiary/aromatic N) is 2. The monoisotopic (exact) mass is 498 g/mol. The molecule has 1 aliphatic heterocycles. The number of sulfonamides is 1. The first-order chi connectivity index (χ1) is 16.8. The van der Waals surface area contributed by atoms with Gasteiger partial charge in [-0.2, -0.15) is 0 Å². The molecule has 1 aliphatic carbocycles. The topological polar surface area (TPSA) is 138 Å². The van der Waals surface area contributed by atoms with Gasteiger partial charge >= 0.3 is 0 Å². The molecule has 1 amide bonds. The molecule has 1 saturated heterocycles. The van der Waals surface area contributed by atoms with Crippen LogP contribution in [0, 0.1) is 12.8 Å². The minimum absolute atomic E-state index is 0.0372. The van der Waals surface area contributed by atoms with E-state index in [9.17, 15) is 13.2 Å². The van der Waals surface area contributed by atoms with E-state index in [1.807, 2.05) is 25.1 Å². The molecule has 2 aliphatic rings. The average molecular weight is 499 g/mol. The SMILES string of the molecule is CCS(=O)(=O)Nc1cc(C2CCOCC2)ccc1Nc1cc(NC(=O)C2CC2)nc2nc(C)[nH]c12. The molecule has 3 aromatic rings. The number of hydrogen-bond acceptors (Lipinski definition) is 7. The van der Waals surface area contributed by atoms with Crippen molar-refractivity contribution in [2.24, 2.45) is 5.92 Å². The van der Waals surface area contributed by atoms with Crippen LogP contribution in [0.25, 0.3) is 11.2 Å². The Hall–Kier alpha value is -3.18. The van der Waals surface area contributed by atoms with Crippen LogP contribution in [0.2, 0.25) is 0 Å². The molecule has 4 N–H and O–H groups in total. The molecule has 1 saturated carbocycles. The summed E-state index contributed by atoms with van der Waals surface area (Å²) in [5, 5.41) is 6.23. The van der Waals surface area contributed by atoms with Crippen LogP contribution >= 0.6 is 0 Å². The van der Waals surface area contributed by atoms with Gasteiger partial charge in [0, 0.05) is 25.2 Å². The second-order valence-corrected chi connectivity index (χ2v) is 11.2. The highest BCUT2D eigenvalue weighted by atomic mass is 32.2. The molecule has 1 aromatic carbocycles. The van der Waals surface area contributed by atoms with Crippen molar-refractivity contribution in [3.8, 4) is 0 Å². The molecule has 10 nitrogen and oxygen atoms in total. The summed E-state index contributed by atoms with van der Waals surface area (Å²) in [7, 11) is -3.50. The maximum Gasteiger partial charge on any atom is 0.232 e. The number of nitrogens with one attached hydrogen (secondary N) is 4. The highest BCUT2D eigenvalue weighted by Crippen LogP contribution is 2.36. The van der Waals surface area contributed by atoms with Crippen LogP contribution in [-0.4, -0.2) is 48.2 Å². The molecule has 35 heavy (non-hydrogen) atoms. The number of aromatic nitrogens is 3. The van der Waals surface area contributed by atoms with Crippen molar-refractivity contribution in [1.82, 2.24) is 15.0 Å². The number of anilines is 4. The maximum absolute atomic E-state index is 12.5. The molecular weight excluding hydrogens is 468 g/mol. The third-order valence-corrected chi connectivity index (χ3v) is 7.72. The molecule has 5 rings (SSSR count). The summed E-state index contributed by atoms with van der Waals surface area (Å²) in [4.78, 5) is 24.4. The second kappa shape index (κ2) is 9.46. The fourth-order valence-corrected chi connectivity index (χ4v) is 4.91. The first kappa shape index (κ1) is 23.6. The van der Waals surface area contributed by atoms with Crippen LogP contribution in [-0.2, 0) is 19.6 Å². The number of fused-ring (bicyclic) bond motifs is 1. The number of imidazole rings is 1. The normalized spacial score (nSPS) is 16.9. The van der Waals surface area contributed by atoms with Gasteiger partial charge in [-0.1, -0.05) is 6.07 Å². The number of pyridine rings is 1. The van der Waals surface area contributed by atoms with Gasteiger partial charge < -0.3 is 20.4 Å². The number of H-pyrrole nitrogens is 1. The molecule has 0 unspecified atom stereocenters. The highest BCUT2D eigenvalue weighted by molar-refractivity contribution is 7.92. The van der Waals surface area contributed by atoms with Gasteiger partial charge in [0.15, 0.2) is 5.65 Å². The molecule has 2 aromatic heterocycles. The predicted molar refractivity (Wildman–Crippen MR) is 136 cm³/mol. The molecule has 186 valence electrons. The Morgan fingerprint density at radius 1 is 1.09 bits per heavy atom. The predicted octanol–water partition coefficient (Wildman–Crippen LogP) is 4.01. The third kappa shape index (κ3) is 5.40. The lowest BCUT2D eigenvalue weighted by Gasteiger charge is -2.24. The fourth-order valence-electron chi connectivity index (χ4n) is 4.26.